The van der Waals surface area contributed by atoms with Gasteiger partial charge in [0.2, 0.25) is 0 Å². The number of nitrogens with zero attached hydrogens (tertiary/aromatic N) is 1. The molecule has 0 aliphatic rings. The molecule has 0 atom stereocenters. The highest BCUT2D eigenvalue weighted by molar-refractivity contribution is 5.93. The molecule has 0 saturated heterocycles. The van der Waals surface area contributed by atoms with E-state index < -0.39 is 0 Å². The van der Waals surface area contributed by atoms with Crippen molar-refractivity contribution in [2.75, 3.05) is 0 Å². The Morgan fingerprint density at radius 3 is 2.23 bits per heavy atom. The topological polar surface area (TPSA) is 12.4 Å². The van der Waals surface area contributed by atoms with Crippen molar-refractivity contribution in [1.29, 1.82) is 0 Å². The molecule has 74 valence electrons. The summed E-state index contributed by atoms with van der Waals surface area (Å²) in [5.41, 5.74) is 3.30. The van der Waals surface area contributed by atoms with Crippen LogP contribution in [0.3, 0.4) is 0 Å². The largest absolute Gasteiger partial charge is 0.259 e. The van der Waals surface area contributed by atoms with Crippen LogP contribution in [-0.4, -0.2) is 5.71 Å². The molecule has 13 heavy (non-hydrogen) atoms. The van der Waals surface area contributed by atoms with Gasteiger partial charge in [0.05, 0.1) is 0 Å². The fourth-order valence-electron chi connectivity index (χ4n) is 1.39. The Bertz CT molecular complexity index is 232. The number of rotatable bonds is 4. The molecule has 0 fully saturated rings. The summed E-state index contributed by atoms with van der Waals surface area (Å²) < 4.78 is 0. The van der Waals surface area contributed by atoms with Crippen molar-refractivity contribution in [2.24, 2.45) is 10.9 Å². The molecule has 0 radical (unpaired) electrons. The average molecular weight is 179 g/mol. The van der Waals surface area contributed by atoms with Gasteiger partial charge in [0.25, 0.3) is 0 Å². The fraction of sp³-hybridized carbons (Fsp3) is 0.583. The SMILES string of the molecule is C=C(C)/N=C(C)\C=C(\C)CC(C)C. The van der Waals surface area contributed by atoms with E-state index in [1.807, 2.05) is 13.8 Å². The molecule has 0 amide bonds. The lowest BCUT2D eigenvalue weighted by Gasteiger charge is -2.04. The van der Waals surface area contributed by atoms with Gasteiger partial charge in [-0.2, -0.15) is 0 Å². The maximum atomic E-state index is 4.27. The van der Waals surface area contributed by atoms with Crippen LogP contribution in [0.5, 0.6) is 0 Å². The molecule has 0 bridgehead atoms. The summed E-state index contributed by atoms with van der Waals surface area (Å²) in [6.45, 7) is 14.3. The Labute approximate surface area is 82.3 Å². The Balaban J connectivity index is 4.29. The van der Waals surface area contributed by atoms with Gasteiger partial charge in [-0.15, -0.1) is 0 Å². The summed E-state index contributed by atoms with van der Waals surface area (Å²) in [4.78, 5) is 4.27. The van der Waals surface area contributed by atoms with Crippen LogP contribution in [0.2, 0.25) is 0 Å². The Kier molecular flexibility index (Phi) is 5.36. The van der Waals surface area contributed by atoms with Crippen LogP contribution in [0.15, 0.2) is 28.9 Å². The quantitative estimate of drug-likeness (QED) is 0.579. The molecule has 0 aromatic heterocycles. The summed E-state index contributed by atoms with van der Waals surface area (Å²) in [6.07, 6.45) is 3.28. The highest BCUT2D eigenvalue weighted by atomic mass is 14.7. The molecule has 0 aliphatic carbocycles. The minimum atomic E-state index is 0.717. The highest BCUT2D eigenvalue weighted by Crippen LogP contribution is 2.09. The Morgan fingerprint density at radius 1 is 1.31 bits per heavy atom. The first-order valence-corrected chi connectivity index (χ1v) is 4.79. The Morgan fingerprint density at radius 2 is 1.85 bits per heavy atom. The summed E-state index contributed by atoms with van der Waals surface area (Å²) in [6, 6.07) is 0. The van der Waals surface area contributed by atoms with E-state index in [0.29, 0.717) is 5.92 Å². The van der Waals surface area contributed by atoms with Gasteiger partial charge in [0, 0.05) is 11.4 Å². The maximum absolute atomic E-state index is 4.27. The van der Waals surface area contributed by atoms with Crippen molar-refractivity contribution in [1.82, 2.24) is 0 Å². The molecule has 0 heterocycles. The molecule has 0 N–H and O–H groups in total. The molecular weight excluding hydrogens is 158 g/mol. The van der Waals surface area contributed by atoms with E-state index in [9.17, 15) is 0 Å². The predicted molar refractivity (Wildman–Crippen MR) is 61.1 cm³/mol. The lowest BCUT2D eigenvalue weighted by molar-refractivity contribution is 0.643. The van der Waals surface area contributed by atoms with E-state index in [4.69, 9.17) is 0 Å². The Hall–Kier alpha value is -0.850. The summed E-state index contributed by atoms with van der Waals surface area (Å²) >= 11 is 0. The molecule has 1 heteroatoms. The molecule has 0 aliphatic heterocycles. The molecule has 1 nitrogen and oxygen atoms in total. The lowest BCUT2D eigenvalue weighted by atomic mass is 10.0. The smallest absolute Gasteiger partial charge is 0.0375 e. The van der Waals surface area contributed by atoms with Crippen molar-refractivity contribution in [3.8, 4) is 0 Å². The molecular formula is C12H21N. The third-order valence-corrected chi connectivity index (χ3v) is 1.55. The third-order valence-electron chi connectivity index (χ3n) is 1.55. The number of hydrogen-bond donors (Lipinski definition) is 0. The molecule has 0 aromatic rings. The monoisotopic (exact) mass is 179 g/mol. The van der Waals surface area contributed by atoms with Gasteiger partial charge in [-0.3, -0.25) is 4.99 Å². The van der Waals surface area contributed by atoms with E-state index in [0.717, 1.165) is 17.8 Å². The first kappa shape index (κ1) is 12.2. The fourth-order valence-corrected chi connectivity index (χ4v) is 1.39. The minimum absolute atomic E-state index is 0.717. The van der Waals surface area contributed by atoms with Crippen LogP contribution in [0.4, 0.5) is 0 Å². The van der Waals surface area contributed by atoms with E-state index in [2.05, 4.69) is 38.4 Å². The van der Waals surface area contributed by atoms with Crippen LogP contribution in [0, 0.1) is 5.92 Å². The first-order chi connectivity index (χ1) is 5.91. The zero-order chi connectivity index (χ0) is 10.4. The zero-order valence-corrected chi connectivity index (χ0v) is 9.52. The van der Waals surface area contributed by atoms with Crippen molar-refractivity contribution < 1.29 is 0 Å². The molecule has 0 saturated carbocycles. The van der Waals surface area contributed by atoms with Crippen LogP contribution in [0.25, 0.3) is 0 Å². The van der Waals surface area contributed by atoms with Crippen molar-refractivity contribution in [3.05, 3.63) is 23.9 Å². The second kappa shape index (κ2) is 5.74. The standard InChI is InChI=1S/C12H21N/c1-9(2)7-11(5)8-12(6)13-10(3)4/h8-9H,3,7H2,1-2,4-6H3/b11-8-,13-12-. The normalized spacial score (nSPS) is 13.7. The van der Waals surface area contributed by atoms with Crippen molar-refractivity contribution >= 4 is 5.71 Å². The van der Waals surface area contributed by atoms with Gasteiger partial charge < -0.3 is 0 Å². The third kappa shape index (κ3) is 7.51. The highest BCUT2D eigenvalue weighted by Gasteiger charge is 1.95. The van der Waals surface area contributed by atoms with Crippen LogP contribution in [-0.2, 0) is 0 Å². The average Bonchev–Trinajstić information content (AvgIpc) is 1.80. The zero-order valence-electron chi connectivity index (χ0n) is 9.52. The van der Waals surface area contributed by atoms with Crippen molar-refractivity contribution in [2.45, 2.75) is 41.0 Å². The van der Waals surface area contributed by atoms with Crippen LogP contribution >= 0.6 is 0 Å². The number of allylic oxidation sites excluding steroid dienone is 3. The second-order valence-corrected chi connectivity index (χ2v) is 4.08. The van der Waals surface area contributed by atoms with Gasteiger partial charge in [-0.05, 0) is 39.2 Å². The molecule has 0 aromatic carbocycles. The summed E-state index contributed by atoms with van der Waals surface area (Å²) in [5, 5.41) is 0. The summed E-state index contributed by atoms with van der Waals surface area (Å²) in [7, 11) is 0. The van der Waals surface area contributed by atoms with E-state index in [1.54, 1.807) is 0 Å². The maximum Gasteiger partial charge on any atom is 0.0375 e. The van der Waals surface area contributed by atoms with Gasteiger partial charge in [-0.25, -0.2) is 0 Å². The van der Waals surface area contributed by atoms with Gasteiger partial charge in [0.1, 0.15) is 0 Å². The van der Waals surface area contributed by atoms with Gasteiger partial charge in [-0.1, -0.05) is 26.0 Å². The van der Waals surface area contributed by atoms with E-state index in [-0.39, 0.29) is 0 Å². The lowest BCUT2D eigenvalue weighted by Crippen LogP contribution is -1.92. The molecule has 0 rings (SSSR count). The van der Waals surface area contributed by atoms with Crippen LogP contribution < -0.4 is 0 Å². The summed E-state index contributed by atoms with van der Waals surface area (Å²) in [5.74, 6) is 0.717. The van der Waals surface area contributed by atoms with Crippen molar-refractivity contribution in [3.63, 3.8) is 0 Å². The number of hydrogen-bond acceptors (Lipinski definition) is 1. The first-order valence-electron chi connectivity index (χ1n) is 4.79. The van der Waals surface area contributed by atoms with Crippen LogP contribution in [0.1, 0.15) is 41.0 Å². The number of aliphatic imine (C=N–C) groups is 1. The molecule has 0 spiro atoms. The van der Waals surface area contributed by atoms with Gasteiger partial charge in [0.15, 0.2) is 0 Å². The molecule has 0 unspecified atom stereocenters. The predicted octanol–water partition coefficient (Wildman–Crippen LogP) is 3.97. The minimum Gasteiger partial charge on any atom is -0.259 e. The van der Waals surface area contributed by atoms with Gasteiger partial charge >= 0.3 is 0 Å². The second-order valence-electron chi connectivity index (χ2n) is 4.08. The van der Waals surface area contributed by atoms with E-state index >= 15 is 0 Å². The van der Waals surface area contributed by atoms with E-state index in [1.165, 1.54) is 5.57 Å².